The summed E-state index contributed by atoms with van der Waals surface area (Å²) in [6.45, 7) is 5.75. The minimum absolute atomic E-state index is 0. The molecule has 0 saturated carbocycles. The van der Waals surface area contributed by atoms with E-state index in [0.29, 0.717) is 24.1 Å². The van der Waals surface area contributed by atoms with E-state index in [4.69, 9.17) is 0 Å². The van der Waals surface area contributed by atoms with Gasteiger partial charge in [-0.05, 0) is 43.5 Å². The van der Waals surface area contributed by atoms with Crippen molar-refractivity contribution in [3.8, 4) is 0 Å². The van der Waals surface area contributed by atoms with Crippen molar-refractivity contribution in [2.24, 2.45) is 4.99 Å². The van der Waals surface area contributed by atoms with Crippen LogP contribution in [0.1, 0.15) is 37.3 Å². The van der Waals surface area contributed by atoms with Crippen LogP contribution in [0.15, 0.2) is 29.3 Å². The van der Waals surface area contributed by atoms with E-state index in [1.807, 2.05) is 0 Å². The molecule has 1 fully saturated rings. The number of benzene rings is 1. The number of halogens is 4. The number of nitrogens with one attached hydrogen (secondary N) is 2. The molecular weight excluding hydrogens is 456 g/mol. The second-order valence-electron chi connectivity index (χ2n) is 6.38. The number of likely N-dealkylation sites (tertiary alicyclic amines) is 1. The van der Waals surface area contributed by atoms with Crippen LogP contribution in [0.5, 0.6) is 0 Å². The van der Waals surface area contributed by atoms with Gasteiger partial charge in [0.2, 0.25) is 0 Å². The van der Waals surface area contributed by atoms with Crippen molar-refractivity contribution in [3.63, 3.8) is 0 Å². The molecule has 1 heterocycles. The van der Waals surface area contributed by atoms with Gasteiger partial charge in [-0.3, -0.25) is 4.99 Å². The molecule has 0 amide bonds. The predicted molar refractivity (Wildman–Crippen MR) is 110 cm³/mol. The van der Waals surface area contributed by atoms with E-state index in [9.17, 15) is 13.2 Å². The van der Waals surface area contributed by atoms with Crippen LogP contribution in [0.4, 0.5) is 13.2 Å². The zero-order valence-electron chi connectivity index (χ0n) is 15.3. The Morgan fingerprint density at radius 3 is 2.54 bits per heavy atom. The van der Waals surface area contributed by atoms with Crippen LogP contribution in [0, 0.1) is 0 Å². The molecule has 8 heteroatoms. The summed E-state index contributed by atoms with van der Waals surface area (Å²) in [5, 5.41) is 6.48. The van der Waals surface area contributed by atoms with Crippen molar-refractivity contribution in [1.29, 1.82) is 0 Å². The molecule has 1 aromatic rings. The minimum Gasteiger partial charge on any atom is -0.354 e. The second kappa shape index (κ2) is 11.0. The lowest BCUT2D eigenvalue weighted by molar-refractivity contribution is -0.137. The van der Waals surface area contributed by atoms with Gasteiger partial charge < -0.3 is 15.5 Å². The standard InChI is InChI=1S/C18H27F3N4.HI/c1-3-9-25-10-7-16(8-11-25)24-17(22-2)23-13-14-5-4-6-15(12-14)18(19,20)21;/h4-6,12,16H,3,7-11,13H2,1-2H3,(H2,22,23,24);1H. The van der Waals surface area contributed by atoms with Crippen molar-refractivity contribution in [2.75, 3.05) is 26.7 Å². The second-order valence-corrected chi connectivity index (χ2v) is 6.38. The number of rotatable bonds is 5. The Hall–Kier alpha value is -1.03. The van der Waals surface area contributed by atoms with Gasteiger partial charge in [0, 0.05) is 32.7 Å². The number of alkyl halides is 3. The number of hydrogen-bond donors (Lipinski definition) is 2. The van der Waals surface area contributed by atoms with Crippen LogP contribution < -0.4 is 10.6 Å². The minimum atomic E-state index is -4.32. The fraction of sp³-hybridized carbons (Fsp3) is 0.611. The van der Waals surface area contributed by atoms with Crippen molar-refractivity contribution in [2.45, 2.75) is 44.9 Å². The smallest absolute Gasteiger partial charge is 0.354 e. The third-order valence-electron chi connectivity index (χ3n) is 4.41. The summed E-state index contributed by atoms with van der Waals surface area (Å²) in [4.78, 5) is 6.64. The lowest BCUT2D eigenvalue weighted by atomic mass is 10.1. The van der Waals surface area contributed by atoms with Crippen molar-refractivity contribution in [3.05, 3.63) is 35.4 Å². The lowest BCUT2D eigenvalue weighted by Crippen LogP contribution is -2.48. The van der Waals surface area contributed by atoms with E-state index >= 15 is 0 Å². The van der Waals surface area contributed by atoms with Crippen LogP contribution >= 0.6 is 24.0 Å². The highest BCUT2D eigenvalue weighted by atomic mass is 127. The first-order chi connectivity index (χ1) is 11.9. The molecule has 26 heavy (non-hydrogen) atoms. The molecule has 148 valence electrons. The van der Waals surface area contributed by atoms with Crippen molar-refractivity contribution in [1.82, 2.24) is 15.5 Å². The van der Waals surface area contributed by atoms with Gasteiger partial charge in [0.1, 0.15) is 0 Å². The van der Waals surface area contributed by atoms with Gasteiger partial charge in [0.25, 0.3) is 0 Å². The highest BCUT2D eigenvalue weighted by Gasteiger charge is 2.30. The summed E-state index contributed by atoms with van der Waals surface area (Å²) < 4.78 is 38.3. The van der Waals surface area contributed by atoms with Gasteiger partial charge in [0.05, 0.1) is 5.56 Å². The first kappa shape index (κ1) is 23.0. The van der Waals surface area contributed by atoms with Crippen LogP contribution in [-0.4, -0.2) is 43.6 Å². The molecule has 1 aliphatic rings. The summed E-state index contributed by atoms with van der Waals surface area (Å²) in [5.41, 5.74) is -0.0476. The van der Waals surface area contributed by atoms with Gasteiger partial charge in [-0.15, -0.1) is 24.0 Å². The van der Waals surface area contributed by atoms with E-state index in [-0.39, 0.29) is 24.0 Å². The van der Waals surface area contributed by atoms with Crippen LogP contribution in [-0.2, 0) is 12.7 Å². The van der Waals surface area contributed by atoms with E-state index in [1.165, 1.54) is 12.1 Å². The summed E-state index contributed by atoms with van der Waals surface area (Å²) in [6.07, 6.45) is -1.06. The Bertz CT molecular complexity index is 570. The SMILES string of the molecule is CCCN1CCC(NC(=NC)NCc2cccc(C(F)(F)F)c2)CC1.I. The molecule has 0 aromatic heterocycles. The Kier molecular flexibility index (Phi) is 9.70. The number of piperidine rings is 1. The third-order valence-corrected chi connectivity index (χ3v) is 4.41. The maximum absolute atomic E-state index is 12.8. The molecule has 1 aliphatic heterocycles. The molecule has 4 nitrogen and oxygen atoms in total. The zero-order chi connectivity index (χ0) is 18.3. The summed E-state index contributed by atoms with van der Waals surface area (Å²) >= 11 is 0. The summed E-state index contributed by atoms with van der Waals surface area (Å²) in [7, 11) is 1.67. The fourth-order valence-corrected chi connectivity index (χ4v) is 3.05. The highest BCUT2D eigenvalue weighted by molar-refractivity contribution is 14.0. The third kappa shape index (κ3) is 7.30. The van der Waals surface area contributed by atoms with Crippen LogP contribution in [0.25, 0.3) is 0 Å². The van der Waals surface area contributed by atoms with Gasteiger partial charge in [-0.25, -0.2) is 0 Å². The molecular formula is C18H28F3IN4. The zero-order valence-corrected chi connectivity index (χ0v) is 17.6. The van der Waals surface area contributed by atoms with E-state index in [0.717, 1.165) is 45.0 Å². The molecule has 1 aromatic carbocycles. The normalized spacial score (nSPS) is 16.9. The van der Waals surface area contributed by atoms with Gasteiger partial charge >= 0.3 is 6.18 Å². The van der Waals surface area contributed by atoms with E-state index in [1.54, 1.807) is 13.1 Å². The first-order valence-electron chi connectivity index (χ1n) is 8.78. The van der Waals surface area contributed by atoms with Crippen LogP contribution in [0.3, 0.4) is 0 Å². The Morgan fingerprint density at radius 2 is 1.96 bits per heavy atom. The monoisotopic (exact) mass is 484 g/mol. The van der Waals surface area contributed by atoms with Gasteiger partial charge in [-0.1, -0.05) is 19.1 Å². The van der Waals surface area contributed by atoms with E-state index < -0.39 is 11.7 Å². The summed E-state index contributed by atoms with van der Waals surface area (Å²) in [5.74, 6) is 0.631. The molecule has 0 bridgehead atoms. The number of guanidine groups is 1. The lowest BCUT2D eigenvalue weighted by Gasteiger charge is -2.32. The molecule has 2 N–H and O–H groups in total. The van der Waals surface area contributed by atoms with E-state index in [2.05, 4.69) is 27.4 Å². The molecule has 1 saturated heterocycles. The maximum atomic E-state index is 12.8. The molecule has 2 rings (SSSR count). The maximum Gasteiger partial charge on any atom is 0.416 e. The number of aliphatic imine (C=N–C) groups is 1. The molecule has 0 radical (unpaired) electrons. The average Bonchev–Trinajstić information content (AvgIpc) is 2.60. The molecule has 0 aliphatic carbocycles. The molecule has 0 spiro atoms. The summed E-state index contributed by atoms with van der Waals surface area (Å²) in [6, 6.07) is 5.71. The highest BCUT2D eigenvalue weighted by Crippen LogP contribution is 2.29. The Morgan fingerprint density at radius 1 is 1.27 bits per heavy atom. The van der Waals surface area contributed by atoms with Crippen molar-refractivity contribution < 1.29 is 13.2 Å². The Balaban J connectivity index is 0.00000338. The fourth-order valence-electron chi connectivity index (χ4n) is 3.05. The largest absolute Gasteiger partial charge is 0.416 e. The van der Waals surface area contributed by atoms with Crippen molar-refractivity contribution >= 4 is 29.9 Å². The molecule has 0 unspecified atom stereocenters. The first-order valence-corrected chi connectivity index (χ1v) is 8.78. The average molecular weight is 484 g/mol. The van der Waals surface area contributed by atoms with Crippen LogP contribution in [0.2, 0.25) is 0 Å². The number of hydrogen-bond acceptors (Lipinski definition) is 2. The van der Waals surface area contributed by atoms with Gasteiger partial charge in [-0.2, -0.15) is 13.2 Å². The number of nitrogens with zero attached hydrogens (tertiary/aromatic N) is 2. The topological polar surface area (TPSA) is 39.7 Å². The Labute approximate surface area is 170 Å². The quantitative estimate of drug-likeness (QED) is 0.379. The molecule has 0 atom stereocenters. The van der Waals surface area contributed by atoms with Gasteiger partial charge in [0.15, 0.2) is 5.96 Å². The predicted octanol–water partition coefficient (Wildman–Crippen LogP) is 3.86.